The predicted octanol–water partition coefficient (Wildman–Crippen LogP) is 4.27. The summed E-state index contributed by atoms with van der Waals surface area (Å²) in [6, 6.07) is 14.1. The van der Waals surface area contributed by atoms with Gasteiger partial charge in [-0.15, -0.1) is 12.4 Å². The Hall–Kier alpha value is -2.88. The van der Waals surface area contributed by atoms with Gasteiger partial charge in [-0.25, -0.2) is 23.1 Å². The fourth-order valence-corrected chi connectivity index (χ4v) is 5.08. The molecule has 2 aromatic carbocycles. The van der Waals surface area contributed by atoms with Crippen molar-refractivity contribution in [1.82, 2.24) is 19.3 Å². The van der Waals surface area contributed by atoms with Crippen molar-refractivity contribution in [2.75, 3.05) is 18.0 Å². The highest BCUT2D eigenvalue weighted by Gasteiger charge is 2.17. The van der Waals surface area contributed by atoms with Crippen molar-refractivity contribution >= 4 is 55.9 Å². The summed E-state index contributed by atoms with van der Waals surface area (Å²) >= 11 is 0. The lowest BCUT2D eigenvalue weighted by Crippen LogP contribution is -2.25. The molecule has 182 valence electrons. The first-order valence-corrected chi connectivity index (χ1v) is 12.8. The summed E-state index contributed by atoms with van der Waals surface area (Å²) in [6.07, 6.45) is 4.47. The highest BCUT2D eigenvalue weighted by atomic mass is 35.5. The van der Waals surface area contributed by atoms with Gasteiger partial charge in [0.05, 0.1) is 15.9 Å². The maximum atomic E-state index is 12.5. The van der Waals surface area contributed by atoms with Crippen LogP contribution in [0, 0.1) is 0 Å². The number of sulfonamides is 1. The minimum Gasteiger partial charge on any atom is -0.399 e. The molecule has 0 aliphatic carbocycles. The quantitative estimate of drug-likeness (QED) is 0.219. The highest BCUT2D eigenvalue weighted by molar-refractivity contribution is 7.89. The Morgan fingerprint density at radius 3 is 2.44 bits per heavy atom. The standard InChI is InChI=1S/C24H30N6O2S.ClH/c1-2-3-10-21-29-22-23(19-8-4-5-9-20(19)28-24(22)26)30(21)16-7-6-15-27-33(31,32)18-13-11-17(25)12-14-18;/h4-5,8-9,11-14,27H,2-3,6-7,10,15-16,25H2,1H3,(H2,26,28);1H. The Labute approximate surface area is 206 Å². The van der Waals surface area contributed by atoms with Crippen LogP contribution in [0.2, 0.25) is 0 Å². The summed E-state index contributed by atoms with van der Waals surface area (Å²) in [4.78, 5) is 9.58. The number of nitrogens with two attached hydrogens (primary N) is 2. The highest BCUT2D eigenvalue weighted by Crippen LogP contribution is 2.29. The van der Waals surface area contributed by atoms with Crippen LogP contribution in [0.25, 0.3) is 21.9 Å². The summed E-state index contributed by atoms with van der Waals surface area (Å²) in [5, 5.41) is 1.03. The zero-order chi connectivity index (χ0) is 23.4. The van der Waals surface area contributed by atoms with Crippen LogP contribution in [-0.2, 0) is 23.0 Å². The van der Waals surface area contributed by atoms with Gasteiger partial charge in [-0.3, -0.25) is 0 Å². The van der Waals surface area contributed by atoms with Crippen molar-refractivity contribution in [1.29, 1.82) is 0 Å². The number of nitrogens with one attached hydrogen (secondary N) is 1. The number of rotatable bonds is 10. The Balaban J connectivity index is 0.00000324. The average molecular weight is 503 g/mol. The van der Waals surface area contributed by atoms with Gasteiger partial charge < -0.3 is 16.0 Å². The first-order valence-electron chi connectivity index (χ1n) is 11.3. The van der Waals surface area contributed by atoms with Gasteiger partial charge in [0.25, 0.3) is 0 Å². The molecule has 0 bridgehead atoms. The SMILES string of the molecule is CCCCc1nc2c(N)nc3ccccc3c2n1CCCCNS(=O)(=O)c1ccc(N)cc1.Cl. The average Bonchev–Trinajstić information content (AvgIpc) is 3.17. The molecular formula is C24H31ClN6O2S. The van der Waals surface area contributed by atoms with Gasteiger partial charge in [0.1, 0.15) is 11.3 Å². The smallest absolute Gasteiger partial charge is 0.240 e. The Morgan fingerprint density at radius 2 is 1.71 bits per heavy atom. The first kappa shape index (κ1) is 25.7. The molecule has 0 atom stereocenters. The third-order valence-electron chi connectivity index (χ3n) is 5.73. The van der Waals surface area contributed by atoms with Crippen molar-refractivity contribution in [2.24, 2.45) is 0 Å². The Morgan fingerprint density at radius 1 is 0.971 bits per heavy atom. The number of para-hydroxylation sites is 1. The number of nitrogen functional groups attached to an aromatic ring is 2. The molecule has 0 saturated carbocycles. The van der Waals surface area contributed by atoms with E-state index in [0.29, 0.717) is 24.5 Å². The van der Waals surface area contributed by atoms with Crippen molar-refractivity contribution in [3.05, 3.63) is 54.4 Å². The zero-order valence-corrected chi connectivity index (χ0v) is 20.8. The molecule has 8 nitrogen and oxygen atoms in total. The number of aromatic nitrogens is 3. The van der Waals surface area contributed by atoms with Gasteiger partial charge in [0.2, 0.25) is 10.0 Å². The number of unbranched alkanes of at least 4 members (excludes halogenated alkanes) is 2. The molecule has 0 unspecified atom stereocenters. The van der Waals surface area contributed by atoms with Crippen LogP contribution in [0.4, 0.5) is 11.5 Å². The van der Waals surface area contributed by atoms with Gasteiger partial charge >= 0.3 is 0 Å². The summed E-state index contributed by atoms with van der Waals surface area (Å²) in [5.74, 6) is 1.44. The summed E-state index contributed by atoms with van der Waals surface area (Å²) < 4.78 is 29.9. The molecular weight excluding hydrogens is 472 g/mol. The van der Waals surface area contributed by atoms with E-state index in [1.807, 2.05) is 24.3 Å². The van der Waals surface area contributed by atoms with E-state index in [1.165, 1.54) is 12.1 Å². The molecule has 2 heterocycles. The van der Waals surface area contributed by atoms with Crippen LogP contribution in [0.5, 0.6) is 0 Å². The largest absolute Gasteiger partial charge is 0.399 e. The number of aryl methyl sites for hydroxylation is 2. The molecule has 4 aromatic rings. The summed E-state index contributed by atoms with van der Waals surface area (Å²) in [7, 11) is -3.55. The number of anilines is 2. The van der Waals surface area contributed by atoms with Crippen LogP contribution < -0.4 is 16.2 Å². The maximum Gasteiger partial charge on any atom is 0.240 e. The zero-order valence-electron chi connectivity index (χ0n) is 19.2. The number of nitrogens with zero attached hydrogens (tertiary/aromatic N) is 3. The number of hydrogen-bond donors (Lipinski definition) is 3. The second kappa shape index (κ2) is 11.0. The monoisotopic (exact) mass is 502 g/mol. The fraction of sp³-hybridized carbons (Fsp3) is 0.333. The van der Waals surface area contributed by atoms with Crippen LogP contribution in [0.3, 0.4) is 0 Å². The van der Waals surface area contributed by atoms with Crippen LogP contribution in [-0.4, -0.2) is 29.5 Å². The Bertz CT molecular complexity index is 1370. The van der Waals surface area contributed by atoms with Gasteiger partial charge in [-0.2, -0.15) is 0 Å². The van der Waals surface area contributed by atoms with E-state index in [1.54, 1.807) is 12.1 Å². The number of halogens is 1. The lowest BCUT2D eigenvalue weighted by atomic mass is 10.2. The lowest BCUT2D eigenvalue weighted by molar-refractivity contribution is 0.561. The number of pyridine rings is 1. The van der Waals surface area contributed by atoms with Crippen molar-refractivity contribution < 1.29 is 8.42 Å². The topological polar surface area (TPSA) is 129 Å². The van der Waals surface area contributed by atoms with E-state index < -0.39 is 10.0 Å². The molecule has 0 aliphatic rings. The van der Waals surface area contributed by atoms with Crippen molar-refractivity contribution in [2.45, 2.75) is 50.5 Å². The van der Waals surface area contributed by atoms with Crippen LogP contribution >= 0.6 is 12.4 Å². The Kier molecular flexibility index (Phi) is 8.35. The van der Waals surface area contributed by atoms with Gasteiger partial charge in [0.15, 0.2) is 5.82 Å². The van der Waals surface area contributed by atoms with E-state index in [2.05, 4.69) is 21.2 Å². The minimum atomic E-state index is -3.55. The number of benzene rings is 2. The molecule has 10 heteroatoms. The number of hydrogen-bond acceptors (Lipinski definition) is 6. The molecule has 4 rings (SSSR count). The summed E-state index contributed by atoms with van der Waals surface area (Å²) in [5.41, 5.74) is 15.0. The number of imidazole rings is 1. The third kappa shape index (κ3) is 5.43. The number of fused-ring (bicyclic) bond motifs is 3. The van der Waals surface area contributed by atoms with E-state index in [-0.39, 0.29) is 17.3 Å². The van der Waals surface area contributed by atoms with Gasteiger partial charge in [-0.1, -0.05) is 31.5 Å². The second-order valence-electron chi connectivity index (χ2n) is 8.17. The normalized spacial score (nSPS) is 11.7. The predicted molar refractivity (Wildman–Crippen MR) is 141 cm³/mol. The first-order chi connectivity index (χ1) is 15.9. The van der Waals surface area contributed by atoms with Crippen LogP contribution in [0.1, 0.15) is 38.4 Å². The van der Waals surface area contributed by atoms with E-state index in [0.717, 1.165) is 60.0 Å². The molecule has 0 amide bonds. The molecule has 0 radical (unpaired) electrons. The van der Waals surface area contributed by atoms with Crippen molar-refractivity contribution in [3.63, 3.8) is 0 Å². The molecule has 2 aromatic heterocycles. The van der Waals surface area contributed by atoms with E-state index in [4.69, 9.17) is 16.5 Å². The summed E-state index contributed by atoms with van der Waals surface area (Å²) in [6.45, 7) is 3.24. The van der Waals surface area contributed by atoms with Crippen molar-refractivity contribution in [3.8, 4) is 0 Å². The van der Waals surface area contributed by atoms with E-state index in [9.17, 15) is 8.42 Å². The molecule has 0 spiro atoms. The van der Waals surface area contributed by atoms with Crippen LogP contribution in [0.15, 0.2) is 53.4 Å². The second-order valence-corrected chi connectivity index (χ2v) is 9.94. The molecule has 0 aliphatic heterocycles. The van der Waals surface area contributed by atoms with Gasteiger partial charge in [-0.05, 0) is 49.6 Å². The fourth-order valence-electron chi connectivity index (χ4n) is 4.00. The molecule has 34 heavy (non-hydrogen) atoms. The maximum absolute atomic E-state index is 12.5. The molecule has 0 fully saturated rings. The van der Waals surface area contributed by atoms with Gasteiger partial charge in [0, 0.05) is 30.6 Å². The molecule has 0 saturated heterocycles. The van der Waals surface area contributed by atoms with E-state index >= 15 is 0 Å². The minimum absolute atomic E-state index is 0. The lowest BCUT2D eigenvalue weighted by Gasteiger charge is -2.11. The third-order valence-corrected chi connectivity index (χ3v) is 7.21. The molecule has 5 N–H and O–H groups in total.